The molecule has 8 heteroatoms. The zero-order valence-electron chi connectivity index (χ0n) is 13.9. The van der Waals surface area contributed by atoms with Gasteiger partial charge in [-0.05, 0) is 30.2 Å². The molecule has 5 nitrogen and oxygen atoms in total. The molecule has 0 amide bonds. The van der Waals surface area contributed by atoms with E-state index in [1.165, 1.54) is 13.2 Å². The van der Waals surface area contributed by atoms with Crippen molar-refractivity contribution in [1.29, 1.82) is 0 Å². The molecular weight excluding hydrogens is 339 g/mol. The van der Waals surface area contributed by atoms with Crippen molar-refractivity contribution in [2.45, 2.75) is 37.5 Å². The first-order valence-electron chi connectivity index (χ1n) is 7.92. The quantitative estimate of drug-likeness (QED) is 0.602. The molecule has 1 unspecified atom stereocenters. The van der Waals surface area contributed by atoms with Crippen molar-refractivity contribution in [3.05, 3.63) is 34.9 Å². The third-order valence-corrected chi connectivity index (χ3v) is 4.95. The number of ether oxygens (including phenoxy) is 1. The average molecular weight is 357 g/mol. The molecule has 3 rings (SSSR count). The first kappa shape index (κ1) is 17.9. The summed E-state index contributed by atoms with van der Waals surface area (Å²) in [6, 6.07) is 3.09. The fourth-order valence-corrected chi connectivity index (χ4v) is 3.45. The van der Waals surface area contributed by atoms with Crippen molar-refractivity contribution < 1.29 is 32.3 Å². The van der Waals surface area contributed by atoms with Crippen molar-refractivity contribution in [3.8, 4) is 0 Å². The standard InChI is InChI=1S/C17H18F3NO4/c1-10-3-4-11(17(18,19)20)9-12(10)13-14(22)16(25-15(13)23)5-7-21(24-2)8-6-16/h3-4,9,13H,5-8H2,1-2H3. The van der Waals surface area contributed by atoms with Crippen LogP contribution in [0, 0.1) is 6.92 Å². The normalized spacial score (nSPS) is 24.0. The Morgan fingerprint density at radius 1 is 1.24 bits per heavy atom. The second kappa shape index (κ2) is 6.10. The van der Waals surface area contributed by atoms with Crippen molar-refractivity contribution in [3.63, 3.8) is 0 Å². The molecule has 0 aromatic heterocycles. The van der Waals surface area contributed by atoms with Gasteiger partial charge >= 0.3 is 12.1 Å². The van der Waals surface area contributed by atoms with Gasteiger partial charge in [-0.2, -0.15) is 18.2 Å². The summed E-state index contributed by atoms with van der Waals surface area (Å²) in [5, 5.41) is 1.65. The molecule has 2 fully saturated rings. The molecule has 0 bridgehead atoms. The van der Waals surface area contributed by atoms with E-state index in [-0.39, 0.29) is 18.4 Å². The molecule has 2 heterocycles. The number of hydrogen-bond acceptors (Lipinski definition) is 5. The number of hydrogen-bond donors (Lipinski definition) is 0. The van der Waals surface area contributed by atoms with Gasteiger partial charge in [-0.15, -0.1) is 0 Å². The number of Topliss-reactive ketones (excluding diaryl/α,β-unsaturated/α-hetero) is 1. The topological polar surface area (TPSA) is 55.8 Å². The summed E-state index contributed by atoms with van der Waals surface area (Å²) in [6.07, 6.45) is -4.02. The maximum atomic E-state index is 13.0. The summed E-state index contributed by atoms with van der Waals surface area (Å²) in [5.41, 5.74) is -1.63. The number of halogens is 3. The lowest BCUT2D eigenvalue weighted by Crippen LogP contribution is -2.48. The van der Waals surface area contributed by atoms with Crippen molar-refractivity contribution >= 4 is 11.8 Å². The molecule has 2 saturated heterocycles. The van der Waals surface area contributed by atoms with Crippen molar-refractivity contribution in [2.75, 3.05) is 20.2 Å². The van der Waals surface area contributed by atoms with Crippen LogP contribution in [0.5, 0.6) is 0 Å². The zero-order valence-corrected chi connectivity index (χ0v) is 13.9. The molecule has 2 aliphatic rings. The second-order valence-electron chi connectivity index (χ2n) is 6.39. The van der Waals surface area contributed by atoms with Gasteiger partial charge in [-0.3, -0.25) is 9.59 Å². The summed E-state index contributed by atoms with van der Waals surface area (Å²) in [4.78, 5) is 30.4. The molecule has 0 saturated carbocycles. The van der Waals surface area contributed by atoms with Crippen LogP contribution >= 0.6 is 0 Å². The van der Waals surface area contributed by atoms with Crippen LogP contribution < -0.4 is 0 Å². The Kier molecular flexibility index (Phi) is 4.36. The molecule has 0 N–H and O–H groups in total. The second-order valence-corrected chi connectivity index (χ2v) is 6.39. The minimum Gasteiger partial charge on any atom is -0.450 e. The van der Waals surface area contributed by atoms with Crippen LogP contribution in [-0.4, -0.2) is 42.6 Å². The van der Waals surface area contributed by atoms with Gasteiger partial charge in [0.05, 0.1) is 12.7 Å². The molecule has 1 aromatic rings. The summed E-state index contributed by atoms with van der Waals surface area (Å²) >= 11 is 0. The van der Waals surface area contributed by atoms with Crippen LogP contribution in [0.1, 0.15) is 35.4 Å². The van der Waals surface area contributed by atoms with Gasteiger partial charge in [0.2, 0.25) is 0 Å². The molecule has 2 aliphatic heterocycles. The van der Waals surface area contributed by atoms with Crippen molar-refractivity contribution in [1.82, 2.24) is 5.06 Å². The number of ketones is 1. The van der Waals surface area contributed by atoms with Gasteiger partial charge in [-0.1, -0.05) is 6.07 Å². The number of carbonyl (C=O) groups is 2. The number of benzene rings is 1. The first-order valence-corrected chi connectivity index (χ1v) is 7.92. The Balaban J connectivity index is 1.94. The highest BCUT2D eigenvalue weighted by Gasteiger charge is 2.57. The predicted octanol–water partition coefficient (Wildman–Crippen LogP) is 2.62. The van der Waals surface area contributed by atoms with E-state index in [4.69, 9.17) is 9.57 Å². The molecular formula is C17H18F3NO4. The highest BCUT2D eigenvalue weighted by atomic mass is 19.4. The molecule has 25 heavy (non-hydrogen) atoms. The molecule has 0 radical (unpaired) electrons. The SMILES string of the molecule is CON1CCC2(CC1)OC(=O)C(c1cc(C(F)(F)F)ccc1C)C2=O. The fraction of sp³-hybridized carbons (Fsp3) is 0.529. The number of esters is 1. The maximum Gasteiger partial charge on any atom is 0.416 e. The Hall–Kier alpha value is -1.93. The Morgan fingerprint density at radius 3 is 2.44 bits per heavy atom. The fourth-order valence-electron chi connectivity index (χ4n) is 3.45. The third kappa shape index (κ3) is 3.04. The van der Waals surface area contributed by atoms with Crippen LogP contribution in [-0.2, 0) is 25.3 Å². The van der Waals surface area contributed by atoms with Gasteiger partial charge in [0.15, 0.2) is 11.4 Å². The van der Waals surface area contributed by atoms with E-state index in [0.29, 0.717) is 18.7 Å². The maximum absolute atomic E-state index is 13.0. The monoisotopic (exact) mass is 357 g/mol. The zero-order chi connectivity index (χ0) is 18.4. The van der Waals surface area contributed by atoms with Gasteiger partial charge in [-0.25, -0.2) is 0 Å². The number of hydroxylamine groups is 2. The van der Waals surface area contributed by atoms with E-state index in [9.17, 15) is 22.8 Å². The van der Waals surface area contributed by atoms with E-state index >= 15 is 0 Å². The van der Waals surface area contributed by atoms with Crippen molar-refractivity contribution in [2.24, 2.45) is 0 Å². The molecule has 1 aromatic carbocycles. The lowest BCUT2D eigenvalue weighted by Gasteiger charge is -2.35. The third-order valence-electron chi connectivity index (χ3n) is 4.95. The van der Waals surface area contributed by atoms with E-state index in [1.807, 2.05) is 0 Å². The van der Waals surface area contributed by atoms with Gasteiger partial charge in [0.25, 0.3) is 0 Å². The van der Waals surface area contributed by atoms with E-state index in [0.717, 1.165) is 12.1 Å². The summed E-state index contributed by atoms with van der Waals surface area (Å²) in [6.45, 7) is 2.39. The van der Waals surface area contributed by atoms with Crippen LogP contribution in [0.3, 0.4) is 0 Å². The molecule has 1 spiro atoms. The van der Waals surface area contributed by atoms with Crippen LogP contribution in [0.25, 0.3) is 0 Å². The minimum atomic E-state index is -4.55. The Bertz CT molecular complexity index is 708. The van der Waals surface area contributed by atoms with Gasteiger partial charge in [0.1, 0.15) is 5.92 Å². The van der Waals surface area contributed by atoms with E-state index < -0.39 is 35.0 Å². The molecule has 136 valence electrons. The Labute approximate surface area is 142 Å². The van der Waals surface area contributed by atoms with Crippen LogP contribution in [0.2, 0.25) is 0 Å². The van der Waals surface area contributed by atoms with Crippen LogP contribution in [0.4, 0.5) is 13.2 Å². The Morgan fingerprint density at radius 2 is 1.88 bits per heavy atom. The first-order chi connectivity index (χ1) is 11.7. The number of piperidine rings is 1. The summed E-state index contributed by atoms with van der Waals surface area (Å²) in [5.74, 6) is -2.55. The van der Waals surface area contributed by atoms with Gasteiger partial charge in [0, 0.05) is 25.9 Å². The number of alkyl halides is 3. The highest BCUT2D eigenvalue weighted by molar-refractivity contribution is 6.13. The number of aryl methyl sites for hydroxylation is 1. The number of carbonyl (C=O) groups excluding carboxylic acids is 2. The smallest absolute Gasteiger partial charge is 0.416 e. The highest BCUT2D eigenvalue weighted by Crippen LogP contribution is 2.42. The summed E-state index contributed by atoms with van der Waals surface area (Å²) < 4.78 is 44.4. The number of rotatable bonds is 2. The lowest BCUT2D eigenvalue weighted by molar-refractivity contribution is -0.184. The lowest BCUT2D eigenvalue weighted by atomic mass is 9.80. The van der Waals surface area contributed by atoms with E-state index in [1.54, 1.807) is 12.0 Å². The number of nitrogens with zero attached hydrogens (tertiary/aromatic N) is 1. The van der Waals surface area contributed by atoms with Gasteiger partial charge < -0.3 is 9.57 Å². The minimum absolute atomic E-state index is 0.0656. The van der Waals surface area contributed by atoms with Crippen LogP contribution in [0.15, 0.2) is 18.2 Å². The predicted molar refractivity (Wildman–Crippen MR) is 80.6 cm³/mol. The summed E-state index contributed by atoms with van der Waals surface area (Å²) in [7, 11) is 1.51. The molecule has 0 aliphatic carbocycles. The molecule has 1 atom stereocenters. The average Bonchev–Trinajstić information content (AvgIpc) is 2.78. The largest absolute Gasteiger partial charge is 0.450 e. The van der Waals surface area contributed by atoms with E-state index in [2.05, 4.69) is 0 Å².